The average Bonchev–Trinajstić information content (AvgIpc) is 1.96. The van der Waals surface area contributed by atoms with E-state index < -0.39 is 29.9 Å². The van der Waals surface area contributed by atoms with Gasteiger partial charge in [0.2, 0.25) is 0 Å². The van der Waals surface area contributed by atoms with Crippen LogP contribution in [0, 0.1) is 0 Å². The molecule has 0 fully saturated rings. The fraction of sp³-hybridized carbons (Fsp3) is 1.00. The molecular weight excluding hydrogens is 248 g/mol. The van der Waals surface area contributed by atoms with Crippen molar-refractivity contribution < 1.29 is 30.8 Å². The summed E-state index contributed by atoms with van der Waals surface area (Å²) >= 11 is 0. The summed E-state index contributed by atoms with van der Waals surface area (Å²) in [6.07, 6.45) is -8.55. The smallest absolute Gasteiger partial charge is 0.309 e. The van der Waals surface area contributed by atoms with Crippen molar-refractivity contribution in [1.82, 2.24) is 0 Å². The summed E-state index contributed by atoms with van der Waals surface area (Å²) in [5, 5.41) is 0. The molecule has 104 valence electrons. The van der Waals surface area contributed by atoms with Gasteiger partial charge in [0, 0.05) is 0 Å². The molecule has 0 aromatic carbocycles. The molecule has 0 saturated heterocycles. The highest BCUT2D eigenvalue weighted by atomic mass is 19.4. The molecule has 0 rings (SSSR count). The molecule has 0 aliphatic heterocycles. The van der Waals surface area contributed by atoms with Crippen LogP contribution in [0.1, 0.15) is 26.7 Å². The highest BCUT2D eigenvalue weighted by molar-refractivity contribution is 4.57. The Bertz CT molecular complexity index is 196. The molecule has 0 aliphatic carbocycles. The molecule has 0 atom stereocenters. The van der Waals surface area contributed by atoms with Gasteiger partial charge >= 0.3 is 12.4 Å². The summed E-state index contributed by atoms with van der Waals surface area (Å²) in [5.41, 5.74) is 0. The second-order valence-corrected chi connectivity index (χ2v) is 4.34. The third kappa shape index (κ3) is 7.46. The maximum atomic E-state index is 12.4. The number of halogens is 6. The first-order valence-corrected chi connectivity index (χ1v) is 5.52. The van der Waals surface area contributed by atoms with Gasteiger partial charge in [-0.25, -0.2) is 0 Å². The van der Waals surface area contributed by atoms with Gasteiger partial charge in [-0.05, 0) is 12.8 Å². The van der Waals surface area contributed by atoms with E-state index in [9.17, 15) is 26.3 Å². The molecule has 0 unspecified atom stereocenters. The van der Waals surface area contributed by atoms with Crippen molar-refractivity contribution in [3.63, 3.8) is 0 Å². The van der Waals surface area contributed by atoms with Crippen LogP contribution in [-0.2, 0) is 0 Å². The fourth-order valence-corrected chi connectivity index (χ4v) is 2.19. The normalized spacial score (nSPS) is 14.1. The van der Waals surface area contributed by atoms with Gasteiger partial charge in [0.25, 0.3) is 0 Å². The first-order valence-electron chi connectivity index (χ1n) is 5.52. The minimum atomic E-state index is -4.57. The van der Waals surface area contributed by atoms with Crippen molar-refractivity contribution in [2.24, 2.45) is 0 Å². The third-order valence-electron chi connectivity index (χ3n) is 2.43. The Morgan fingerprint density at radius 2 is 1.00 bits per heavy atom. The standard InChI is InChI=1S/C10H18F6N/c1-3-5-17(6-4-2,7-9(11,12)13)8-10(14,15)16/h3-8H2,1-2H3/q+1. The summed E-state index contributed by atoms with van der Waals surface area (Å²) in [4.78, 5) is 0. The molecule has 17 heavy (non-hydrogen) atoms. The zero-order chi connectivity index (χ0) is 13.7. The molecule has 0 spiro atoms. The van der Waals surface area contributed by atoms with Gasteiger partial charge in [-0.1, -0.05) is 13.8 Å². The SMILES string of the molecule is CCC[N+](CCC)(CC(F)(F)F)CC(F)(F)F. The zero-order valence-corrected chi connectivity index (χ0v) is 9.96. The molecule has 0 radical (unpaired) electrons. The number of hydrogen-bond acceptors (Lipinski definition) is 0. The Balaban J connectivity index is 4.97. The Morgan fingerprint density at radius 1 is 0.706 bits per heavy atom. The van der Waals surface area contributed by atoms with Crippen LogP contribution in [0.2, 0.25) is 0 Å². The van der Waals surface area contributed by atoms with Crippen LogP contribution in [0.25, 0.3) is 0 Å². The highest BCUT2D eigenvalue weighted by Gasteiger charge is 2.47. The summed E-state index contributed by atoms with van der Waals surface area (Å²) in [7, 11) is 0. The lowest BCUT2D eigenvalue weighted by atomic mass is 10.2. The van der Waals surface area contributed by atoms with E-state index in [1.165, 1.54) is 0 Å². The van der Waals surface area contributed by atoms with E-state index in [4.69, 9.17) is 0 Å². The molecule has 0 heterocycles. The maximum Gasteiger partial charge on any atom is 0.438 e. The summed E-state index contributed by atoms with van der Waals surface area (Å²) in [6, 6.07) is 0. The van der Waals surface area contributed by atoms with Crippen LogP contribution in [0.15, 0.2) is 0 Å². The zero-order valence-electron chi connectivity index (χ0n) is 9.96. The van der Waals surface area contributed by atoms with E-state index in [1.54, 1.807) is 13.8 Å². The molecular formula is C10H18F6N+. The van der Waals surface area contributed by atoms with E-state index in [1.807, 2.05) is 0 Å². The van der Waals surface area contributed by atoms with Gasteiger partial charge in [0.1, 0.15) is 0 Å². The van der Waals surface area contributed by atoms with Crippen LogP contribution in [-0.4, -0.2) is 43.0 Å². The second-order valence-electron chi connectivity index (χ2n) is 4.34. The Labute approximate surface area is 97.0 Å². The Kier molecular flexibility index (Phi) is 5.77. The van der Waals surface area contributed by atoms with Gasteiger partial charge in [-0.15, -0.1) is 0 Å². The van der Waals surface area contributed by atoms with Crippen molar-refractivity contribution in [1.29, 1.82) is 0 Å². The van der Waals surface area contributed by atoms with Crippen molar-refractivity contribution in [3.8, 4) is 0 Å². The number of alkyl halides is 6. The highest BCUT2D eigenvalue weighted by Crippen LogP contribution is 2.28. The molecule has 0 bridgehead atoms. The molecule has 0 saturated carbocycles. The molecule has 1 nitrogen and oxygen atoms in total. The van der Waals surface area contributed by atoms with Crippen LogP contribution >= 0.6 is 0 Å². The van der Waals surface area contributed by atoms with Crippen molar-refractivity contribution in [2.75, 3.05) is 26.2 Å². The predicted molar refractivity (Wildman–Crippen MR) is 52.4 cm³/mol. The van der Waals surface area contributed by atoms with Crippen molar-refractivity contribution in [3.05, 3.63) is 0 Å². The topological polar surface area (TPSA) is 0 Å². The Morgan fingerprint density at radius 3 is 1.18 bits per heavy atom. The van der Waals surface area contributed by atoms with E-state index in [-0.39, 0.29) is 13.1 Å². The number of quaternary nitrogens is 1. The quantitative estimate of drug-likeness (QED) is 0.507. The monoisotopic (exact) mass is 266 g/mol. The maximum absolute atomic E-state index is 12.4. The minimum absolute atomic E-state index is 0.104. The summed E-state index contributed by atoms with van der Waals surface area (Å²) < 4.78 is 73.4. The van der Waals surface area contributed by atoms with Gasteiger partial charge in [-0.3, -0.25) is 0 Å². The second kappa shape index (κ2) is 5.93. The molecule has 0 N–H and O–H groups in total. The van der Waals surface area contributed by atoms with Gasteiger partial charge in [-0.2, -0.15) is 26.3 Å². The van der Waals surface area contributed by atoms with Crippen molar-refractivity contribution >= 4 is 0 Å². The van der Waals surface area contributed by atoms with Gasteiger partial charge < -0.3 is 4.48 Å². The van der Waals surface area contributed by atoms with Crippen LogP contribution < -0.4 is 0 Å². The van der Waals surface area contributed by atoms with E-state index in [0.29, 0.717) is 12.8 Å². The lowest BCUT2D eigenvalue weighted by molar-refractivity contribution is -0.946. The van der Waals surface area contributed by atoms with E-state index >= 15 is 0 Å². The summed E-state index contributed by atoms with van der Waals surface area (Å²) in [5.74, 6) is 0. The van der Waals surface area contributed by atoms with Crippen molar-refractivity contribution in [2.45, 2.75) is 39.0 Å². The molecule has 7 heteroatoms. The van der Waals surface area contributed by atoms with Gasteiger partial charge in [0.05, 0.1) is 13.1 Å². The predicted octanol–water partition coefficient (Wildman–Crippen LogP) is 3.75. The van der Waals surface area contributed by atoms with Crippen LogP contribution in [0.3, 0.4) is 0 Å². The van der Waals surface area contributed by atoms with E-state index in [2.05, 4.69) is 0 Å². The van der Waals surface area contributed by atoms with Gasteiger partial charge in [0.15, 0.2) is 13.1 Å². The fourth-order valence-electron chi connectivity index (χ4n) is 2.19. The first kappa shape index (κ1) is 16.5. The van der Waals surface area contributed by atoms with E-state index in [0.717, 1.165) is 0 Å². The number of nitrogens with zero attached hydrogens (tertiary/aromatic N) is 1. The lowest BCUT2D eigenvalue weighted by Gasteiger charge is -2.39. The van der Waals surface area contributed by atoms with Crippen LogP contribution in [0.4, 0.5) is 26.3 Å². The third-order valence-corrected chi connectivity index (χ3v) is 2.43. The largest absolute Gasteiger partial charge is 0.438 e. The Hall–Kier alpha value is -0.460. The number of hydrogen-bond donors (Lipinski definition) is 0. The average molecular weight is 266 g/mol. The first-order chi connectivity index (χ1) is 7.54. The molecule has 0 aromatic rings. The lowest BCUT2D eigenvalue weighted by Crippen LogP contribution is -2.58. The van der Waals surface area contributed by atoms with Crippen LogP contribution in [0.5, 0.6) is 0 Å². The molecule has 0 aromatic heterocycles. The molecule has 0 amide bonds. The minimum Gasteiger partial charge on any atom is -0.309 e. The number of rotatable bonds is 6. The summed E-state index contributed by atoms with van der Waals surface area (Å²) in [6.45, 7) is 0.160. The molecule has 0 aliphatic rings.